The predicted molar refractivity (Wildman–Crippen MR) is 171 cm³/mol. The van der Waals surface area contributed by atoms with Gasteiger partial charge in [0.2, 0.25) is 5.95 Å². The Morgan fingerprint density at radius 3 is 2.44 bits per heavy atom. The van der Waals surface area contributed by atoms with Crippen molar-refractivity contribution in [2.24, 2.45) is 0 Å². The van der Waals surface area contributed by atoms with Crippen LogP contribution in [-0.2, 0) is 0 Å². The first-order valence-electron chi connectivity index (χ1n) is 14.7. The number of nitrogens with zero attached hydrogens (tertiary/aromatic N) is 4. The second-order valence-corrected chi connectivity index (χ2v) is 13.4. The number of hydrogen-bond acceptors (Lipinski definition) is 8. The summed E-state index contributed by atoms with van der Waals surface area (Å²) in [4.78, 5) is 13.2. The predicted octanol–water partition coefficient (Wildman–Crippen LogP) is 8.02. The van der Waals surface area contributed by atoms with Crippen molar-refractivity contribution >= 4 is 45.9 Å². The summed E-state index contributed by atoms with van der Waals surface area (Å²) >= 11 is 1.82. The highest BCUT2D eigenvalue weighted by molar-refractivity contribution is 8.00. The van der Waals surface area contributed by atoms with E-state index in [-0.39, 0.29) is 6.10 Å². The Kier molecular flexibility index (Phi) is 9.04. The molecule has 2 heterocycles. The zero-order valence-corrected chi connectivity index (χ0v) is 26.1. The summed E-state index contributed by atoms with van der Waals surface area (Å²) in [6.07, 6.45) is 6.65. The Labute approximate surface area is 248 Å². The van der Waals surface area contributed by atoms with E-state index in [2.05, 4.69) is 105 Å². The molecule has 0 unspecified atom stereocenters. The van der Waals surface area contributed by atoms with Gasteiger partial charge in [-0.15, -0.1) is 11.8 Å². The van der Waals surface area contributed by atoms with Crippen LogP contribution in [0.1, 0.15) is 70.4 Å². The molecule has 8 nitrogen and oxygen atoms in total. The van der Waals surface area contributed by atoms with Gasteiger partial charge in [0.1, 0.15) is 11.6 Å². The van der Waals surface area contributed by atoms with Crippen LogP contribution < -0.4 is 15.4 Å². The fourth-order valence-electron chi connectivity index (χ4n) is 5.66. The molecule has 0 spiro atoms. The molecule has 0 saturated heterocycles. The van der Waals surface area contributed by atoms with Crippen LogP contribution in [0.25, 0.3) is 11.0 Å². The first kappa shape index (κ1) is 29.2. The van der Waals surface area contributed by atoms with Crippen LogP contribution in [0.2, 0.25) is 0 Å². The van der Waals surface area contributed by atoms with Crippen molar-refractivity contribution in [3.05, 3.63) is 53.7 Å². The number of anilines is 4. The highest BCUT2D eigenvalue weighted by atomic mass is 32.2. The minimum atomic E-state index is 0.0405. The van der Waals surface area contributed by atoms with E-state index in [4.69, 9.17) is 14.7 Å². The van der Waals surface area contributed by atoms with Crippen molar-refractivity contribution < 1.29 is 4.74 Å². The van der Waals surface area contributed by atoms with E-state index in [0.29, 0.717) is 34.6 Å². The number of aromatic nitrogens is 4. The number of fused-ring (bicyclic) bond motifs is 1. The lowest BCUT2D eigenvalue weighted by atomic mass is 9.80. The van der Waals surface area contributed by atoms with Crippen molar-refractivity contribution in [2.75, 3.05) is 24.7 Å². The lowest BCUT2D eigenvalue weighted by Gasteiger charge is -2.33. The van der Waals surface area contributed by atoms with Crippen molar-refractivity contribution in [1.29, 1.82) is 0 Å². The maximum absolute atomic E-state index is 6.35. The minimum absolute atomic E-state index is 0.0405. The molecule has 1 saturated carbocycles. The summed E-state index contributed by atoms with van der Waals surface area (Å²) in [7, 11) is 4.39. The Morgan fingerprint density at radius 1 is 0.976 bits per heavy atom. The monoisotopic (exact) mass is 573 g/mol. The summed E-state index contributed by atoms with van der Waals surface area (Å²) in [5, 5.41) is 15.6. The van der Waals surface area contributed by atoms with Crippen molar-refractivity contribution in [3.8, 4) is 5.75 Å². The molecule has 0 radical (unpaired) electrons. The molecular weight excluding hydrogens is 530 g/mol. The maximum atomic E-state index is 6.35. The second kappa shape index (κ2) is 12.7. The zero-order valence-electron chi connectivity index (χ0n) is 25.3. The molecule has 9 heteroatoms. The van der Waals surface area contributed by atoms with E-state index < -0.39 is 0 Å². The van der Waals surface area contributed by atoms with Crippen LogP contribution in [0.5, 0.6) is 5.75 Å². The summed E-state index contributed by atoms with van der Waals surface area (Å²) < 4.78 is 6.35. The maximum Gasteiger partial charge on any atom is 0.231 e. The SMILES string of the molecule is Cc1cc(Nc2nc(Nc3ccccc3SC(C)C)c3cn[nH]c3n2)c(OC(C)C)cc1C1CCC(N(C)C)CC1. The lowest BCUT2D eigenvalue weighted by Crippen LogP contribution is -2.31. The van der Waals surface area contributed by atoms with Gasteiger partial charge in [-0.3, -0.25) is 5.10 Å². The van der Waals surface area contributed by atoms with Crippen LogP contribution in [0.3, 0.4) is 0 Å². The van der Waals surface area contributed by atoms with Gasteiger partial charge in [-0.1, -0.05) is 26.0 Å². The number of hydrogen-bond donors (Lipinski definition) is 3. The van der Waals surface area contributed by atoms with Gasteiger partial charge >= 0.3 is 0 Å². The standard InChI is InChI=1S/C32H43N7OS/c1-19(2)40-28-17-24(22-12-14-23(15-13-22)39(6)7)21(5)16-27(28)35-32-36-30(25-18-33-38-31(25)37-32)34-26-10-8-9-11-29(26)41-20(3)4/h8-11,16-20,22-23H,12-15H2,1-7H3,(H3,33,34,35,36,37,38). The van der Waals surface area contributed by atoms with E-state index in [1.54, 1.807) is 6.20 Å². The molecule has 41 heavy (non-hydrogen) atoms. The third-order valence-electron chi connectivity index (χ3n) is 7.66. The average Bonchev–Trinajstić information content (AvgIpc) is 3.40. The molecule has 0 aliphatic heterocycles. The zero-order chi connectivity index (χ0) is 29.1. The van der Waals surface area contributed by atoms with Gasteiger partial charge in [0, 0.05) is 16.2 Å². The number of thioether (sulfide) groups is 1. The Hall–Kier alpha value is -3.30. The highest BCUT2D eigenvalue weighted by Crippen LogP contribution is 2.41. The smallest absolute Gasteiger partial charge is 0.231 e. The number of para-hydroxylation sites is 1. The van der Waals surface area contributed by atoms with Crippen molar-refractivity contribution in [1.82, 2.24) is 25.1 Å². The van der Waals surface area contributed by atoms with Crippen LogP contribution in [0.4, 0.5) is 23.1 Å². The van der Waals surface area contributed by atoms with E-state index in [1.165, 1.54) is 41.7 Å². The molecule has 1 aliphatic rings. The van der Waals surface area contributed by atoms with Crippen molar-refractivity contribution in [2.45, 2.75) is 88.5 Å². The van der Waals surface area contributed by atoms with E-state index in [1.807, 2.05) is 17.8 Å². The normalized spacial score (nSPS) is 17.5. The van der Waals surface area contributed by atoms with E-state index in [0.717, 1.165) is 22.5 Å². The number of aromatic amines is 1. The Balaban J connectivity index is 1.46. The van der Waals surface area contributed by atoms with Crippen LogP contribution >= 0.6 is 11.8 Å². The topological polar surface area (TPSA) is 91.0 Å². The van der Waals surface area contributed by atoms with Gasteiger partial charge < -0.3 is 20.3 Å². The number of aryl methyl sites for hydroxylation is 1. The van der Waals surface area contributed by atoms with Gasteiger partial charge in [0.05, 0.1) is 29.1 Å². The Morgan fingerprint density at radius 2 is 1.73 bits per heavy atom. The van der Waals surface area contributed by atoms with E-state index >= 15 is 0 Å². The molecule has 5 rings (SSSR count). The molecule has 1 aliphatic carbocycles. The number of benzene rings is 2. The number of H-pyrrole nitrogens is 1. The lowest BCUT2D eigenvalue weighted by molar-refractivity contribution is 0.215. The van der Waals surface area contributed by atoms with Crippen molar-refractivity contribution in [3.63, 3.8) is 0 Å². The quantitative estimate of drug-likeness (QED) is 0.164. The van der Waals surface area contributed by atoms with Crippen LogP contribution in [-0.4, -0.2) is 56.6 Å². The third-order valence-corrected chi connectivity index (χ3v) is 8.74. The van der Waals surface area contributed by atoms with Gasteiger partial charge in [-0.05, 0) is 102 Å². The molecule has 0 amide bonds. The third kappa shape index (κ3) is 6.96. The molecular formula is C32H43N7OS. The largest absolute Gasteiger partial charge is 0.489 e. The van der Waals surface area contributed by atoms with Gasteiger partial charge in [-0.2, -0.15) is 15.1 Å². The molecule has 0 bridgehead atoms. The molecule has 0 atom stereocenters. The molecule has 218 valence electrons. The van der Waals surface area contributed by atoms with Gasteiger partial charge in [0.15, 0.2) is 5.65 Å². The molecule has 3 N–H and O–H groups in total. The molecule has 2 aromatic carbocycles. The van der Waals surface area contributed by atoms with E-state index in [9.17, 15) is 0 Å². The molecule has 4 aromatic rings. The average molecular weight is 574 g/mol. The number of ether oxygens (including phenoxy) is 1. The number of rotatable bonds is 10. The van der Waals surface area contributed by atoms with Crippen LogP contribution in [0, 0.1) is 6.92 Å². The molecule has 1 fully saturated rings. The Bertz CT molecular complexity index is 1470. The van der Waals surface area contributed by atoms with Gasteiger partial charge in [0.25, 0.3) is 0 Å². The number of nitrogens with one attached hydrogen (secondary N) is 3. The molecule has 2 aromatic heterocycles. The second-order valence-electron chi connectivity index (χ2n) is 11.8. The summed E-state index contributed by atoms with van der Waals surface area (Å²) in [6, 6.07) is 13.4. The minimum Gasteiger partial charge on any atom is -0.489 e. The first-order valence-corrected chi connectivity index (χ1v) is 15.5. The van der Waals surface area contributed by atoms with Crippen LogP contribution in [0.15, 0.2) is 47.5 Å². The fraction of sp³-hybridized carbons (Fsp3) is 0.469. The highest BCUT2D eigenvalue weighted by Gasteiger charge is 2.26. The summed E-state index contributed by atoms with van der Waals surface area (Å²) in [5.41, 5.74) is 5.18. The summed E-state index contributed by atoms with van der Waals surface area (Å²) in [5.74, 6) is 2.55. The first-order chi connectivity index (χ1) is 19.7. The fourth-order valence-corrected chi connectivity index (χ4v) is 6.57. The van der Waals surface area contributed by atoms with Gasteiger partial charge in [-0.25, -0.2) is 0 Å². The summed E-state index contributed by atoms with van der Waals surface area (Å²) in [6.45, 7) is 10.7.